The van der Waals surface area contributed by atoms with Crippen LogP contribution in [-0.2, 0) is 0 Å². The van der Waals surface area contributed by atoms with Crippen LogP contribution in [0.3, 0.4) is 0 Å². The van der Waals surface area contributed by atoms with Gasteiger partial charge < -0.3 is 10.6 Å². The molecule has 0 fully saturated rings. The van der Waals surface area contributed by atoms with Crippen LogP contribution in [0.25, 0.3) is 10.9 Å². The Bertz CT molecular complexity index is 971. The molecule has 0 aliphatic heterocycles. The molecule has 5 nitrogen and oxygen atoms in total. The van der Waals surface area contributed by atoms with Crippen LogP contribution in [0.1, 0.15) is 32.8 Å². The van der Waals surface area contributed by atoms with Gasteiger partial charge in [0.1, 0.15) is 0 Å². The minimum Gasteiger partial charge on any atom is -0.352 e. The van der Waals surface area contributed by atoms with Crippen LogP contribution in [0.15, 0.2) is 59.1 Å². The number of rotatable bonds is 6. The van der Waals surface area contributed by atoms with Crippen molar-refractivity contribution >= 4 is 38.6 Å². The minimum absolute atomic E-state index is 0.122. The molecule has 0 aliphatic carbocycles. The van der Waals surface area contributed by atoms with Gasteiger partial charge in [0.05, 0.1) is 16.8 Å². The zero-order valence-corrected chi connectivity index (χ0v) is 16.5. The Morgan fingerprint density at radius 1 is 0.963 bits per heavy atom. The summed E-state index contributed by atoms with van der Waals surface area (Å²) in [5.74, 6) is -0.270. The summed E-state index contributed by atoms with van der Waals surface area (Å²) >= 11 is 3.34. The number of nitrogens with one attached hydrogen (secondary N) is 2. The number of nitrogens with zero attached hydrogens (tertiary/aromatic N) is 1. The zero-order valence-electron chi connectivity index (χ0n) is 15.0. The number of hydrogen-bond acceptors (Lipinski definition) is 3. The number of pyridine rings is 1. The van der Waals surface area contributed by atoms with Crippen LogP contribution in [0.5, 0.6) is 0 Å². The van der Waals surface area contributed by atoms with Crippen LogP contribution in [0, 0.1) is 6.92 Å². The summed E-state index contributed by atoms with van der Waals surface area (Å²) in [6.45, 7) is 2.80. The molecule has 0 unspecified atom stereocenters. The molecule has 138 valence electrons. The van der Waals surface area contributed by atoms with E-state index in [1.54, 1.807) is 12.1 Å². The molecule has 1 heterocycles. The monoisotopic (exact) mass is 425 g/mol. The fourth-order valence-electron chi connectivity index (χ4n) is 2.73. The third-order valence-electron chi connectivity index (χ3n) is 4.19. The van der Waals surface area contributed by atoms with Gasteiger partial charge in [0.2, 0.25) is 0 Å². The molecule has 0 bridgehead atoms. The SMILES string of the molecule is Cc1nc2ccccc2cc1C(=O)NCCCNC(=O)c1ccc(Br)cc1. The first kappa shape index (κ1) is 19.0. The quantitative estimate of drug-likeness (QED) is 0.589. The summed E-state index contributed by atoms with van der Waals surface area (Å²) in [7, 11) is 0. The second kappa shape index (κ2) is 8.77. The fourth-order valence-corrected chi connectivity index (χ4v) is 3.00. The number of aromatic nitrogens is 1. The maximum atomic E-state index is 12.4. The summed E-state index contributed by atoms with van der Waals surface area (Å²) in [4.78, 5) is 28.9. The van der Waals surface area contributed by atoms with Gasteiger partial charge in [-0.1, -0.05) is 34.1 Å². The topological polar surface area (TPSA) is 71.1 Å². The minimum atomic E-state index is -0.148. The lowest BCUT2D eigenvalue weighted by molar-refractivity contribution is 0.0951. The van der Waals surface area contributed by atoms with Gasteiger partial charge in [0.25, 0.3) is 11.8 Å². The largest absolute Gasteiger partial charge is 0.352 e. The van der Waals surface area contributed by atoms with Crippen molar-refractivity contribution in [1.29, 1.82) is 0 Å². The molecule has 0 atom stereocenters. The zero-order chi connectivity index (χ0) is 19.2. The number of amides is 2. The van der Waals surface area contributed by atoms with E-state index in [1.807, 2.05) is 49.4 Å². The lowest BCUT2D eigenvalue weighted by Crippen LogP contribution is -2.30. The number of fused-ring (bicyclic) bond motifs is 1. The van der Waals surface area contributed by atoms with Gasteiger partial charge in [-0.15, -0.1) is 0 Å². The van der Waals surface area contributed by atoms with E-state index in [0.29, 0.717) is 36.3 Å². The average molecular weight is 426 g/mol. The van der Waals surface area contributed by atoms with Crippen molar-refractivity contribution in [1.82, 2.24) is 15.6 Å². The molecule has 1 aromatic heterocycles. The molecular weight excluding hydrogens is 406 g/mol. The Kier molecular flexibility index (Phi) is 6.19. The number of carbonyl (C=O) groups excluding carboxylic acids is 2. The maximum absolute atomic E-state index is 12.4. The molecule has 3 aromatic rings. The van der Waals surface area contributed by atoms with Crippen LogP contribution in [0.2, 0.25) is 0 Å². The van der Waals surface area contributed by atoms with Crippen molar-refractivity contribution in [2.75, 3.05) is 13.1 Å². The van der Waals surface area contributed by atoms with Crippen LogP contribution in [0.4, 0.5) is 0 Å². The van der Waals surface area contributed by atoms with Gasteiger partial charge in [0, 0.05) is 28.5 Å². The molecule has 2 aromatic carbocycles. The van der Waals surface area contributed by atoms with Crippen molar-refractivity contribution < 1.29 is 9.59 Å². The number of halogens is 1. The molecule has 0 aliphatic rings. The van der Waals surface area contributed by atoms with Gasteiger partial charge in [-0.3, -0.25) is 14.6 Å². The van der Waals surface area contributed by atoms with Crippen molar-refractivity contribution in [2.45, 2.75) is 13.3 Å². The van der Waals surface area contributed by atoms with Crippen molar-refractivity contribution in [2.24, 2.45) is 0 Å². The van der Waals surface area contributed by atoms with Crippen LogP contribution < -0.4 is 10.6 Å². The maximum Gasteiger partial charge on any atom is 0.253 e. The molecule has 0 radical (unpaired) electrons. The van der Waals surface area contributed by atoms with E-state index in [2.05, 4.69) is 31.5 Å². The molecule has 2 N–H and O–H groups in total. The molecule has 0 saturated carbocycles. The molecule has 2 amide bonds. The van der Waals surface area contributed by atoms with Crippen LogP contribution in [-0.4, -0.2) is 29.9 Å². The average Bonchev–Trinajstić information content (AvgIpc) is 2.67. The second-order valence-electron chi connectivity index (χ2n) is 6.19. The van der Waals surface area contributed by atoms with E-state index in [4.69, 9.17) is 0 Å². The third kappa shape index (κ3) is 4.92. The highest BCUT2D eigenvalue weighted by atomic mass is 79.9. The molecule has 0 saturated heterocycles. The molecule has 6 heteroatoms. The Morgan fingerprint density at radius 2 is 1.63 bits per heavy atom. The summed E-state index contributed by atoms with van der Waals surface area (Å²) in [5.41, 5.74) is 2.77. The Balaban J connectivity index is 1.48. The standard InChI is InChI=1S/C21H20BrN3O2/c1-14-18(13-16-5-2-3-6-19(16)25-14)21(27)24-12-4-11-23-20(26)15-7-9-17(22)10-8-15/h2-3,5-10,13H,4,11-12H2,1H3,(H,23,26)(H,24,27). The number of para-hydroxylation sites is 1. The predicted octanol–water partition coefficient (Wildman–Crippen LogP) is 3.86. The first-order valence-electron chi connectivity index (χ1n) is 8.73. The first-order chi connectivity index (χ1) is 13.0. The van der Waals surface area contributed by atoms with E-state index in [0.717, 1.165) is 15.4 Å². The Morgan fingerprint density at radius 3 is 2.37 bits per heavy atom. The van der Waals surface area contributed by atoms with Gasteiger partial charge in [0.15, 0.2) is 0 Å². The highest BCUT2D eigenvalue weighted by Gasteiger charge is 2.11. The van der Waals surface area contributed by atoms with E-state index in [-0.39, 0.29) is 11.8 Å². The van der Waals surface area contributed by atoms with E-state index < -0.39 is 0 Å². The van der Waals surface area contributed by atoms with Gasteiger partial charge in [-0.2, -0.15) is 0 Å². The number of benzene rings is 2. The van der Waals surface area contributed by atoms with Crippen molar-refractivity contribution in [3.05, 3.63) is 75.9 Å². The third-order valence-corrected chi connectivity index (χ3v) is 4.72. The predicted molar refractivity (Wildman–Crippen MR) is 110 cm³/mol. The van der Waals surface area contributed by atoms with E-state index >= 15 is 0 Å². The summed E-state index contributed by atoms with van der Waals surface area (Å²) < 4.78 is 0.931. The Labute approximate surface area is 166 Å². The number of hydrogen-bond donors (Lipinski definition) is 2. The fraction of sp³-hybridized carbons (Fsp3) is 0.190. The normalized spacial score (nSPS) is 10.6. The summed E-state index contributed by atoms with van der Waals surface area (Å²) in [6.07, 6.45) is 0.647. The molecular formula is C21H20BrN3O2. The van der Waals surface area contributed by atoms with E-state index in [9.17, 15) is 9.59 Å². The Hall–Kier alpha value is -2.73. The van der Waals surface area contributed by atoms with Gasteiger partial charge >= 0.3 is 0 Å². The van der Waals surface area contributed by atoms with Gasteiger partial charge in [-0.05, 0) is 49.7 Å². The highest BCUT2D eigenvalue weighted by molar-refractivity contribution is 9.10. The lowest BCUT2D eigenvalue weighted by Gasteiger charge is -2.09. The van der Waals surface area contributed by atoms with Crippen molar-refractivity contribution in [3.8, 4) is 0 Å². The highest BCUT2D eigenvalue weighted by Crippen LogP contribution is 2.16. The molecule has 27 heavy (non-hydrogen) atoms. The molecule has 3 rings (SSSR count). The second-order valence-corrected chi connectivity index (χ2v) is 7.10. The smallest absolute Gasteiger partial charge is 0.253 e. The van der Waals surface area contributed by atoms with Crippen molar-refractivity contribution in [3.63, 3.8) is 0 Å². The number of aryl methyl sites for hydroxylation is 1. The number of carbonyl (C=O) groups is 2. The van der Waals surface area contributed by atoms with E-state index in [1.165, 1.54) is 0 Å². The van der Waals surface area contributed by atoms with Gasteiger partial charge in [-0.25, -0.2) is 0 Å². The lowest BCUT2D eigenvalue weighted by atomic mass is 10.1. The van der Waals surface area contributed by atoms with Crippen LogP contribution >= 0.6 is 15.9 Å². The molecule has 0 spiro atoms. The summed E-state index contributed by atoms with van der Waals surface area (Å²) in [6, 6.07) is 16.8. The first-order valence-corrected chi connectivity index (χ1v) is 9.52. The summed E-state index contributed by atoms with van der Waals surface area (Å²) in [5, 5.41) is 6.68.